The van der Waals surface area contributed by atoms with Crippen LogP contribution in [0.25, 0.3) is 0 Å². The lowest BCUT2D eigenvalue weighted by atomic mass is 10.3. The summed E-state index contributed by atoms with van der Waals surface area (Å²) >= 11 is 0. The highest BCUT2D eigenvalue weighted by atomic mass is 19.4. The molecule has 0 bridgehead atoms. The van der Waals surface area contributed by atoms with Gasteiger partial charge in [-0.05, 0) is 0 Å². The highest BCUT2D eigenvalue weighted by molar-refractivity contribution is 5.80. The molecule has 1 aliphatic heterocycles. The fraction of sp³-hybridized carbons (Fsp3) is 0.857. The van der Waals surface area contributed by atoms with E-state index in [0.29, 0.717) is 0 Å². The van der Waals surface area contributed by atoms with Crippen molar-refractivity contribution in [3.05, 3.63) is 0 Å². The van der Waals surface area contributed by atoms with Crippen LogP contribution in [0.2, 0.25) is 0 Å². The Kier molecular flexibility index (Phi) is 3.01. The second kappa shape index (κ2) is 3.74. The standard InChI is InChI=1S/C7H11F3N2O2/c1-12(2)5(13)4-3-11-6(14-4)7(8,9)10/h4,6,11H,3H2,1-2H3/t4-,6-/m1/s1. The second-order valence-corrected chi connectivity index (χ2v) is 3.19. The number of carbonyl (C=O) groups excluding carboxylic acids is 1. The third kappa shape index (κ3) is 2.36. The molecule has 0 aromatic carbocycles. The van der Waals surface area contributed by atoms with Crippen LogP contribution in [-0.2, 0) is 9.53 Å². The molecule has 1 rings (SSSR count). The van der Waals surface area contributed by atoms with E-state index in [4.69, 9.17) is 0 Å². The van der Waals surface area contributed by atoms with Crippen LogP contribution in [-0.4, -0.2) is 50.0 Å². The van der Waals surface area contributed by atoms with Gasteiger partial charge in [-0.2, -0.15) is 13.2 Å². The fourth-order valence-corrected chi connectivity index (χ4v) is 1.10. The van der Waals surface area contributed by atoms with Gasteiger partial charge in [0.2, 0.25) is 6.23 Å². The van der Waals surface area contributed by atoms with E-state index in [9.17, 15) is 18.0 Å². The van der Waals surface area contributed by atoms with Crippen LogP contribution in [0.3, 0.4) is 0 Å². The molecule has 0 aliphatic carbocycles. The van der Waals surface area contributed by atoms with Crippen LogP contribution in [0, 0.1) is 0 Å². The van der Waals surface area contributed by atoms with Gasteiger partial charge in [0.1, 0.15) is 0 Å². The zero-order valence-electron chi connectivity index (χ0n) is 7.76. The highest BCUT2D eigenvalue weighted by Gasteiger charge is 2.47. The van der Waals surface area contributed by atoms with Crippen LogP contribution < -0.4 is 5.32 Å². The molecule has 1 amide bonds. The molecule has 0 radical (unpaired) electrons. The van der Waals surface area contributed by atoms with Gasteiger partial charge in [-0.1, -0.05) is 0 Å². The monoisotopic (exact) mass is 212 g/mol. The first-order chi connectivity index (χ1) is 6.32. The Balaban J connectivity index is 2.54. The van der Waals surface area contributed by atoms with E-state index in [2.05, 4.69) is 10.1 Å². The van der Waals surface area contributed by atoms with Gasteiger partial charge in [-0.3, -0.25) is 10.1 Å². The van der Waals surface area contributed by atoms with Crippen molar-refractivity contribution in [3.8, 4) is 0 Å². The van der Waals surface area contributed by atoms with Crippen molar-refractivity contribution in [1.29, 1.82) is 0 Å². The third-order valence-corrected chi connectivity index (χ3v) is 1.80. The van der Waals surface area contributed by atoms with E-state index in [0.717, 1.165) is 0 Å². The molecule has 82 valence electrons. The van der Waals surface area contributed by atoms with Crippen molar-refractivity contribution in [2.24, 2.45) is 0 Å². The Morgan fingerprint density at radius 2 is 2.07 bits per heavy atom. The second-order valence-electron chi connectivity index (χ2n) is 3.19. The van der Waals surface area contributed by atoms with Crippen LogP contribution in [0.4, 0.5) is 13.2 Å². The van der Waals surface area contributed by atoms with Gasteiger partial charge in [0, 0.05) is 20.6 Å². The molecule has 0 saturated carbocycles. The number of alkyl halides is 3. The molecule has 1 N–H and O–H groups in total. The van der Waals surface area contributed by atoms with Gasteiger partial charge in [0.15, 0.2) is 6.10 Å². The van der Waals surface area contributed by atoms with Crippen molar-refractivity contribution in [2.45, 2.75) is 18.5 Å². The molecular formula is C7H11F3N2O2. The SMILES string of the molecule is CN(C)C(=O)[C@H]1CN[C@@H](C(F)(F)F)O1. The molecule has 1 aliphatic rings. The quantitative estimate of drug-likeness (QED) is 0.662. The molecule has 1 saturated heterocycles. The zero-order valence-corrected chi connectivity index (χ0v) is 7.76. The molecule has 1 fully saturated rings. The number of nitrogens with one attached hydrogen (secondary N) is 1. The summed E-state index contributed by atoms with van der Waals surface area (Å²) in [5.41, 5.74) is 0. The Bertz CT molecular complexity index is 229. The van der Waals surface area contributed by atoms with E-state index >= 15 is 0 Å². The number of halogens is 3. The lowest BCUT2D eigenvalue weighted by Gasteiger charge is -2.17. The number of likely N-dealkylation sites (N-methyl/N-ethyl adjacent to an activating group) is 1. The molecule has 0 unspecified atom stereocenters. The van der Waals surface area contributed by atoms with Crippen molar-refractivity contribution < 1.29 is 22.7 Å². The first-order valence-corrected chi connectivity index (χ1v) is 3.99. The molecule has 0 aromatic rings. The normalized spacial score (nSPS) is 27.8. The molecule has 2 atom stereocenters. The van der Waals surface area contributed by atoms with Gasteiger partial charge in [0.05, 0.1) is 0 Å². The van der Waals surface area contributed by atoms with E-state index in [1.54, 1.807) is 0 Å². The number of rotatable bonds is 1. The number of carbonyl (C=O) groups is 1. The van der Waals surface area contributed by atoms with Crippen molar-refractivity contribution in [1.82, 2.24) is 10.2 Å². The highest BCUT2D eigenvalue weighted by Crippen LogP contribution is 2.25. The number of ether oxygens (including phenoxy) is 1. The number of amides is 1. The average Bonchev–Trinajstić information content (AvgIpc) is 2.49. The number of hydrogen-bond donors (Lipinski definition) is 1. The summed E-state index contributed by atoms with van der Waals surface area (Å²) in [5.74, 6) is -0.468. The minimum atomic E-state index is -4.47. The van der Waals surface area contributed by atoms with Crippen LogP contribution >= 0.6 is 0 Å². The number of hydrogen-bond acceptors (Lipinski definition) is 3. The van der Waals surface area contributed by atoms with E-state index in [1.807, 2.05) is 0 Å². The summed E-state index contributed by atoms with van der Waals surface area (Å²) in [6, 6.07) is 0. The smallest absolute Gasteiger partial charge is 0.347 e. The van der Waals surface area contributed by atoms with E-state index in [-0.39, 0.29) is 6.54 Å². The summed E-state index contributed by atoms with van der Waals surface area (Å²) in [5, 5.41) is 2.09. The average molecular weight is 212 g/mol. The van der Waals surface area contributed by atoms with Crippen molar-refractivity contribution in [3.63, 3.8) is 0 Å². The topological polar surface area (TPSA) is 41.6 Å². The first kappa shape index (κ1) is 11.3. The number of nitrogens with zero attached hydrogens (tertiary/aromatic N) is 1. The summed E-state index contributed by atoms with van der Waals surface area (Å²) in [6.07, 6.45) is -7.55. The Morgan fingerprint density at radius 1 is 1.50 bits per heavy atom. The van der Waals surface area contributed by atoms with E-state index < -0.39 is 24.4 Å². The first-order valence-electron chi connectivity index (χ1n) is 3.99. The lowest BCUT2D eigenvalue weighted by molar-refractivity contribution is -0.220. The fourth-order valence-electron chi connectivity index (χ4n) is 1.10. The van der Waals surface area contributed by atoms with Gasteiger partial charge in [-0.25, -0.2) is 0 Å². The zero-order chi connectivity index (χ0) is 10.9. The molecular weight excluding hydrogens is 201 g/mol. The van der Waals surface area contributed by atoms with Crippen LogP contribution in [0.1, 0.15) is 0 Å². The van der Waals surface area contributed by atoms with E-state index in [1.165, 1.54) is 19.0 Å². The summed E-state index contributed by atoms with van der Waals surface area (Å²) in [7, 11) is 2.93. The molecule has 1 heterocycles. The van der Waals surface area contributed by atoms with Gasteiger partial charge >= 0.3 is 6.18 Å². The van der Waals surface area contributed by atoms with Gasteiger partial charge in [0.25, 0.3) is 5.91 Å². The minimum Gasteiger partial charge on any atom is -0.347 e. The predicted octanol–water partition coefficient (Wildman–Crippen LogP) is -0.0486. The lowest BCUT2D eigenvalue weighted by Crippen LogP contribution is -2.38. The molecule has 0 aromatic heterocycles. The Morgan fingerprint density at radius 3 is 2.43 bits per heavy atom. The van der Waals surface area contributed by atoms with Crippen molar-refractivity contribution >= 4 is 5.91 Å². The summed E-state index contributed by atoms with van der Waals surface area (Å²) in [4.78, 5) is 12.4. The van der Waals surface area contributed by atoms with Crippen LogP contribution in [0.15, 0.2) is 0 Å². The third-order valence-electron chi connectivity index (χ3n) is 1.80. The molecule has 7 heteroatoms. The van der Waals surface area contributed by atoms with Crippen LogP contribution in [0.5, 0.6) is 0 Å². The molecule has 14 heavy (non-hydrogen) atoms. The van der Waals surface area contributed by atoms with Gasteiger partial charge < -0.3 is 9.64 Å². The minimum absolute atomic E-state index is 0.110. The largest absolute Gasteiger partial charge is 0.428 e. The van der Waals surface area contributed by atoms with Gasteiger partial charge in [-0.15, -0.1) is 0 Å². The summed E-state index contributed by atoms with van der Waals surface area (Å²) in [6.45, 7) is -0.110. The molecule has 0 spiro atoms. The van der Waals surface area contributed by atoms with Crippen molar-refractivity contribution in [2.75, 3.05) is 20.6 Å². The maximum atomic E-state index is 12.1. The predicted molar refractivity (Wildman–Crippen MR) is 41.4 cm³/mol. The summed E-state index contributed by atoms with van der Waals surface area (Å²) < 4.78 is 40.8. The molecule has 4 nitrogen and oxygen atoms in total. The maximum absolute atomic E-state index is 12.1. The Hall–Kier alpha value is -0.820. The maximum Gasteiger partial charge on any atom is 0.428 e. The Labute approximate surface area is 79.0 Å².